The molecule has 128 valence electrons. The highest BCUT2D eigenvalue weighted by molar-refractivity contribution is 7.10. The second-order valence-electron chi connectivity index (χ2n) is 5.25. The molecule has 0 spiro atoms. The molecule has 2 heterocycles. The van der Waals surface area contributed by atoms with Crippen LogP contribution in [0, 0.1) is 0 Å². The summed E-state index contributed by atoms with van der Waals surface area (Å²) in [4.78, 5) is 15.6. The Morgan fingerprint density at radius 2 is 2.27 bits per heavy atom. The topological polar surface area (TPSA) is 53.6 Å². The first-order valence-corrected chi connectivity index (χ1v) is 7.80. The molecule has 1 fully saturated rings. The summed E-state index contributed by atoms with van der Waals surface area (Å²) < 4.78 is 5.51. The van der Waals surface area contributed by atoms with Crippen LogP contribution in [0.5, 0.6) is 0 Å². The summed E-state index contributed by atoms with van der Waals surface area (Å²) in [6.07, 6.45) is -0.0803. The summed E-state index contributed by atoms with van der Waals surface area (Å²) in [5.74, 6) is 0.0145. The number of nitrogens with one attached hydrogen (secondary N) is 2. The van der Waals surface area contributed by atoms with E-state index < -0.39 is 0 Å². The lowest BCUT2D eigenvalue weighted by Gasteiger charge is -2.30. The first-order chi connectivity index (χ1) is 9.59. The second kappa shape index (κ2) is 10.4. The average molecular weight is 370 g/mol. The third-order valence-electron chi connectivity index (χ3n) is 3.56. The zero-order valence-corrected chi connectivity index (χ0v) is 15.5. The zero-order chi connectivity index (χ0) is 14.5. The standard InChI is InChI=1S/C14H23N3O2S.2ClH/c1-10-13(15-6-7-19-10)14(18)16-9-11(17(2)3)12-5-4-8-20-12;;/h4-5,8,10-11,13,15H,6-7,9H2,1-3H3,(H,16,18);2*1H/t10-,11?,13+;;/m1../s1. The molecule has 0 aromatic carbocycles. The van der Waals surface area contributed by atoms with Crippen LogP contribution in [0.4, 0.5) is 0 Å². The molecule has 1 aromatic heterocycles. The van der Waals surface area contributed by atoms with Gasteiger partial charge in [-0.3, -0.25) is 4.79 Å². The van der Waals surface area contributed by atoms with Crippen molar-refractivity contribution in [1.82, 2.24) is 15.5 Å². The minimum atomic E-state index is -0.255. The highest BCUT2D eigenvalue weighted by Crippen LogP contribution is 2.22. The molecular weight excluding hydrogens is 345 g/mol. The number of morpholine rings is 1. The van der Waals surface area contributed by atoms with Gasteiger partial charge in [0.05, 0.1) is 18.8 Å². The van der Waals surface area contributed by atoms with Crippen LogP contribution in [-0.2, 0) is 9.53 Å². The van der Waals surface area contributed by atoms with E-state index in [0.717, 1.165) is 6.54 Å². The van der Waals surface area contributed by atoms with Crippen molar-refractivity contribution in [2.75, 3.05) is 33.8 Å². The molecular formula is C14H25Cl2N3O2S. The monoisotopic (exact) mass is 369 g/mol. The molecule has 0 radical (unpaired) electrons. The number of carbonyl (C=O) groups is 1. The van der Waals surface area contributed by atoms with Crippen LogP contribution in [0.25, 0.3) is 0 Å². The Hall–Kier alpha value is -0.370. The number of carbonyl (C=O) groups excluding carboxylic acids is 1. The van der Waals surface area contributed by atoms with Gasteiger partial charge in [0.15, 0.2) is 0 Å². The van der Waals surface area contributed by atoms with Crippen molar-refractivity contribution in [1.29, 1.82) is 0 Å². The van der Waals surface area contributed by atoms with E-state index in [1.807, 2.05) is 27.1 Å². The van der Waals surface area contributed by atoms with Crippen LogP contribution in [0.15, 0.2) is 17.5 Å². The molecule has 1 aliphatic heterocycles. The maximum atomic E-state index is 12.2. The Balaban J connectivity index is 0.00000220. The lowest BCUT2D eigenvalue weighted by Crippen LogP contribution is -2.56. The third-order valence-corrected chi connectivity index (χ3v) is 4.54. The van der Waals surface area contributed by atoms with Crippen molar-refractivity contribution < 1.29 is 9.53 Å². The molecule has 0 saturated carbocycles. The van der Waals surface area contributed by atoms with Gasteiger partial charge in [0.2, 0.25) is 5.91 Å². The number of hydrogen-bond donors (Lipinski definition) is 2. The molecule has 5 nitrogen and oxygen atoms in total. The molecule has 1 amide bonds. The van der Waals surface area contributed by atoms with Crippen LogP contribution < -0.4 is 10.6 Å². The van der Waals surface area contributed by atoms with Crippen LogP contribution in [0.3, 0.4) is 0 Å². The molecule has 1 aliphatic rings. The van der Waals surface area contributed by atoms with Gasteiger partial charge < -0.3 is 20.3 Å². The Kier molecular flexibility index (Phi) is 10.2. The molecule has 8 heteroatoms. The lowest BCUT2D eigenvalue weighted by molar-refractivity contribution is -0.129. The Morgan fingerprint density at radius 1 is 1.55 bits per heavy atom. The number of halogens is 2. The number of amides is 1. The van der Waals surface area contributed by atoms with E-state index in [9.17, 15) is 4.79 Å². The summed E-state index contributed by atoms with van der Waals surface area (Å²) >= 11 is 1.71. The SMILES string of the molecule is C[C@H]1OCCN[C@@H]1C(=O)NCC(c1cccs1)N(C)C.Cl.Cl. The highest BCUT2D eigenvalue weighted by Gasteiger charge is 2.28. The van der Waals surface area contributed by atoms with Gasteiger partial charge in [0.25, 0.3) is 0 Å². The summed E-state index contributed by atoms with van der Waals surface area (Å²) in [5, 5.41) is 8.31. The van der Waals surface area contributed by atoms with E-state index in [1.165, 1.54) is 4.88 Å². The fourth-order valence-corrected chi connectivity index (χ4v) is 3.28. The number of thiophene rings is 1. The fourth-order valence-electron chi connectivity index (χ4n) is 2.35. The molecule has 2 N–H and O–H groups in total. The van der Waals surface area contributed by atoms with Crippen molar-refractivity contribution in [3.8, 4) is 0 Å². The molecule has 2 rings (SSSR count). The van der Waals surface area contributed by atoms with E-state index in [4.69, 9.17) is 4.74 Å². The molecule has 1 aromatic rings. The van der Waals surface area contributed by atoms with Crippen molar-refractivity contribution >= 4 is 42.1 Å². The summed E-state index contributed by atoms with van der Waals surface area (Å²) in [5.41, 5.74) is 0. The summed E-state index contributed by atoms with van der Waals surface area (Å²) in [6, 6.07) is 4.09. The maximum absolute atomic E-state index is 12.2. The Morgan fingerprint density at radius 3 is 2.82 bits per heavy atom. The maximum Gasteiger partial charge on any atom is 0.239 e. The number of rotatable bonds is 5. The van der Waals surface area contributed by atoms with Crippen molar-refractivity contribution in [2.24, 2.45) is 0 Å². The summed E-state index contributed by atoms with van der Waals surface area (Å²) in [7, 11) is 4.06. The fraction of sp³-hybridized carbons (Fsp3) is 0.643. The zero-order valence-electron chi connectivity index (χ0n) is 13.1. The molecule has 0 bridgehead atoms. The average Bonchev–Trinajstić information content (AvgIpc) is 2.92. The van der Waals surface area contributed by atoms with Crippen molar-refractivity contribution in [3.63, 3.8) is 0 Å². The van der Waals surface area contributed by atoms with E-state index >= 15 is 0 Å². The van der Waals surface area contributed by atoms with Gasteiger partial charge in [-0.2, -0.15) is 0 Å². The normalized spacial score (nSPS) is 22.4. The van der Waals surface area contributed by atoms with E-state index in [2.05, 4.69) is 27.0 Å². The van der Waals surface area contributed by atoms with Gasteiger partial charge >= 0.3 is 0 Å². The van der Waals surface area contributed by atoms with Gasteiger partial charge in [-0.1, -0.05) is 6.07 Å². The Labute approximate surface area is 148 Å². The predicted octanol–water partition coefficient (Wildman–Crippen LogP) is 1.69. The van der Waals surface area contributed by atoms with E-state index in [0.29, 0.717) is 13.2 Å². The van der Waals surface area contributed by atoms with Gasteiger partial charge in [-0.15, -0.1) is 36.2 Å². The smallest absolute Gasteiger partial charge is 0.239 e. The first kappa shape index (κ1) is 21.6. The first-order valence-electron chi connectivity index (χ1n) is 6.92. The van der Waals surface area contributed by atoms with Crippen LogP contribution in [0.1, 0.15) is 17.8 Å². The van der Waals surface area contributed by atoms with Crippen LogP contribution >= 0.6 is 36.2 Å². The van der Waals surface area contributed by atoms with Crippen molar-refractivity contribution in [3.05, 3.63) is 22.4 Å². The molecule has 1 saturated heterocycles. The quantitative estimate of drug-likeness (QED) is 0.828. The number of likely N-dealkylation sites (N-methyl/N-ethyl adjacent to an activating group) is 1. The van der Waals surface area contributed by atoms with Gasteiger partial charge in [0.1, 0.15) is 6.04 Å². The van der Waals surface area contributed by atoms with Crippen LogP contribution in [0.2, 0.25) is 0 Å². The highest BCUT2D eigenvalue weighted by atomic mass is 35.5. The number of hydrogen-bond acceptors (Lipinski definition) is 5. The van der Waals surface area contributed by atoms with E-state index in [-0.39, 0.29) is 48.9 Å². The second-order valence-corrected chi connectivity index (χ2v) is 6.23. The third kappa shape index (κ3) is 5.68. The predicted molar refractivity (Wildman–Crippen MR) is 95.5 cm³/mol. The number of ether oxygens (including phenoxy) is 1. The molecule has 22 heavy (non-hydrogen) atoms. The molecule has 1 unspecified atom stereocenters. The van der Waals surface area contributed by atoms with Crippen molar-refractivity contribution in [2.45, 2.75) is 25.1 Å². The largest absolute Gasteiger partial charge is 0.375 e. The Bertz CT molecular complexity index is 432. The van der Waals surface area contributed by atoms with Gasteiger partial charge in [0, 0.05) is 18.0 Å². The summed E-state index contributed by atoms with van der Waals surface area (Å²) in [6.45, 7) is 3.93. The molecule has 0 aliphatic carbocycles. The van der Waals surface area contributed by atoms with Crippen LogP contribution in [-0.4, -0.2) is 56.7 Å². The minimum absolute atomic E-state index is 0. The number of nitrogens with zero attached hydrogens (tertiary/aromatic N) is 1. The molecule has 3 atom stereocenters. The van der Waals surface area contributed by atoms with Gasteiger partial charge in [-0.05, 0) is 32.5 Å². The van der Waals surface area contributed by atoms with E-state index in [1.54, 1.807) is 11.3 Å². The lowest BCUT2D eigenvalue weighted by atomic mass is 10.1. The minimum Gasteiger partial charge on any atom is -0.375 e. The van der Waals surface area contributed by atoms with Gasteiger partial charge in [-0.25, -0.2) is 0 Å².